The van der Waals surface area contributed by atoms with Crippen LogP contribution in [0.25, 0.3) is 10.8 Å². The first kappa shape index (κ1) is 16.4. The quantitative estimate of drug-likeness (QED) is 0.382. The second-order valence-electron chi connectivity index (χ2n) is 5.59. The summed E-state index contributed by atoms with van der Waals surface area (Å²) in [5, 5.41) is 10.6. The van der Waals surface area contributed by atoms with Gasteiger partial charge in [-0.05, 0) is 41.5 Å². The Morgan fingerprint density at radius 1 is 1.08 bits per heavy atom. The second-order valence-corrected chi connectivity index (χ2v) is 6.50. The molecule has 24 heavy (non-hydrogen) atoms. The molecule has 0 saturated carbocycles. The summed E-state index contributed by atoms with van der Waals surface area (Å²) in [5.41, 5.74) is 2.76. The largest absolute Gasteiger partial charge is 0.426 e. The molecule has 0 aliphatic heterocycles. The van der Waals surface area contributed by atoms with E-state index in [0.29, 0.717) is 17.0 Å². The maximum Gasteiger partial charge on any atom is 0.308 e. The molecule has 0 spiro atoms. The molecule has 0 fully saturated rings. The summed E-state index contributed by atoms with van der Waals surface area (Å²) in [6.45, 7) is 3.33. The minimum absolute atomic E-state index is 0.341. The Morgan fingerprint density at radius 3 is 2.54 bits per heavy atom. The molecule has 0 unspecified atom stereocenters. The van der Waals surface area contributed by atoms with Crippen LogP contribution in [0, 0.1) is 12.3 Å². The molecule has 0 atom stereocenters. The van der Waals surface area contributed by atoms with Crippen molar-refractivity contribution >= 4 is 38.4 Å². The number of aryl methyl sites for hydroxylation is 1. The van der Waals surface area contributed by atoms with Crippen molar-refractivity contribution in [3.8, 4) is 5.75 Å². The molecule has 0 aromatic heterocycles. The minimum atomic E-state index is -0.396. The fraction of sp³-hybridized carbons (Fsp3) is 0.100. The summed E-state index contributed by atoms with van der Waals surface area (Å²) in [5.74, 6) is 0.0142. The molecule has 3 aromatic carbocycles. The molecule has 0 saturated heterocycles. The number of hydrogen-bond acceptors (Lipinski definition) is 3. The number of ether oxygens (including phenoxy) is 1. The van der Waals surface area contributed by atoms with Crippen molar-refractivity contribution in [2.75, 3.05) is 0 Å². The molecular formula is C20H16BrNO2. The highest BCUT2D eigenvalue weighted by molar-refractivity contribution is 9.10. The van der Waals surface area contributed by atoms with Crippen molar-refractivity contribution < 1.29 is 9.53 Å². The molecule has 1 N–H and O–H groups in total. The van der Waals surface area contributed by atoms with E-state index < -0.39 is 5.97 Å². The summed E-state index contributed by atoms with van der Waals surface area (Å²) in [6.07, 6.45) is 0. The fourth-order valence-corrected chi connectivity index (χ4v) is 3.27. The van der Waals surface area contributed by atoms with Gasteiger partial charge in [0.25, 0.3) is 0 Å². The van der Waals surface area contributed by atoms with Crippen molar-refractivity contribution in [1.82, 2.24) is 0 Å². The second kappa shape index (κ2) is 6.57. The summed E-state index contributed by atoms with van der Waals surface area (Å²) < 4.78 is 6.34. The number of halogens is 1. The smallest absolute Gasteiger partial charge is 0.308 e. The van der Waals surface area contributed by atoms with Crippen LogP contribution >= 0.6 is 15.9 Å². The van der Waals surface area contributed by atoms with E-state index in [1.807, 2.05) is 55.5 Å². The standard InChI is InChI=1S/C20H16BrNO2/c1-12-11-15(21)8-9-16(12)20(22)19-17-6-4-3-5-14(17)7-10-18(19)24-13(2)23/h3-11,22H,1-2H3. The van der Waals surface area contributed by atoms with Crippen LogP contribution in [-0.2, 0) is 4.79 Å². The van der Waals surface area contributed by atoms with Crippen LogP contribution in [0.2, 0.25) is 0 Å². The van der Waals surface area contributed by atoms with Crippen LogP contribution in [-0.4, -0.2) is 11.7 Å². The molecule has 3 nitrogen and oxygen atoms in total. The van der Waals surface area contributed by atoms with Gasteiger partial charge in [0.15, 0.2) is 0 Å². The third-order valence-corrected chi connectivity index (χ3v) is 4.35. The lowest BCUT2D eigenvalue weighted by Gasteiger charge is -2.15. The molecule has 0 bridgehead atoms. The van der Waals surface area contributed by atoms with E-state index in [-0.39, 0.29) is 0 Å². The summed E-state index contributed by atoms with van der Waals surface area (Å²) >= 11 is 3.45. The number of fused-ring (bicyclic) bond motifs is 1. The fourth-order valence-electron chi connectivity index (χ4n) is 2.79. The topological polar surface area (TPSA) is 50.2 Å². The first-order valence-corrected chi connectivity index (χ1v) is 8.32. The molecule has 120 valence electrons. The first-order chi connectivity index (χ1) is 11.5. The Bertz CT molecular complexity index is 963. The van der Waals surface area contributed by atoms with E-state index in [4.69, 9.17) is 10.1 Å². The molecule has 4 heteroatoms. The third kappa shape index (κ3) is 3.10. The molecule has 0 heterocycles. The Balaban J connectivity index is 2.25. The van der Waals surface area contributed by atoms with E-state index in [1.165, 1.54) is 6.92 Å². The Labute approximate surface area is 148 Å². The van der Waals surface area contributed by atoms with E-state index in [9.17, 15) is 4.79 Å². The van der Waals surface area contributed by atoms with Gasteiger partial charge in [0, 0.05) is 17.0 Å². The number of carbonyl (C=O) groups excluding carboxylic acids is 1. The van der Waals surface area contributed by atoms with Gasteiger partial charge in [-0.3, -0.25) is 10.2 Å². The van der Waals surface area contributed by atoms with E-state index in [2.05, 4.69) is 15.9 Å². The third-order valence-electron chi connectivity index (χ3n) is 3.85. The molecule has 3 rings (SSSR count). The average Bonchev–Trinajstić information content (AvgIpc) is 2.53. The molecular weight excluding hydrogens is 366 g/mol. The van der Waals surface area contributed by atoms with Crippen molar-refractivity contribution in [2.24, 2.45) is 0 Å². The van der Waals surface area contributed by atoms with Gasteiger partial charge in [0.2, 0.25) is 0 Å². The molecule has 0 radical (unpaired) electrons. The lowest BCUT2D eigenvalue weighted by atomic mass is 9.93. The van der Waals surface area contributed by atoms with Crippen molar-refractivity contribution in [1.29, 1.82) is 5.41 Å². The van der Waals surface area contributed by atoms with Crippen molar-refractivity contribution in [3.05, 3.63) is 75.8 Å². The van der Waals surface area contributed by atoms with Crippen LogP contribution in [0.4, 0.5) is 0 Å². The monoisotopic (exact) mass is 381 g/mol. The maximum atomic E-state index is 11.5. The SMILES string of the molecule is CC(=O)Oc1ccc2ccccc2c1C(=N)c1ccc(Br)cc1C. The number of esters is 1. The zero-order chi connectivity index (χ0) is 17.3. The van der Waals surface area contributed by atoms with Crippen molar-refractivity contribution in [3.63, 3.8) is 0 Å². The Hall–Kier alpha value is -2.46. The van der Waals surface area contributed by atoms with Gasteiger partial charge >= 0.3 is 5.97 Å². The number of carbonyl (C=O) groups is 1. The lowest BCUT2D eigenvalue weighted by Crippen LogP contribution is -2.10. The number of rotatable bonds is 3. The van der Waals surface area contributed by atoms with Gasteiger partial charge in [-0.15, -0.1) is 0 Å². The van der Waals surface area contributed by atoms with E-state index in [0.717, 1.165) is 26.4 Å². The van der Waals surface area contributed by atoms with Gasteiger partial charge < -0.3 is 4.74 Å². The van der Waals surface area contributed by atoms with Gasteiger partial charge in [0.05, 0.1) is 11.3 Å². The van der Waals surface area contributed by atoms with Gasteiger partial charge in [-0.25, -0.2) is 0 Å². The Kier molecular flexibility index (Phi) is 4.49. The minimum Gasteiger partial charge on any atom is -0.426 e. The highest BCUT2D eigenvalue weighted by Gasteiger charge is 2.18. The van der Waals surface area contributed by atoms with Gasteiger partial charge in [0.1, 0.15) is 5.75 Å². The Morgan fingerprint density at radius 2 is 1.83 bits per heavy atom. The summed E-state index contributed by atoms with van der Waals surface area (Å²) in [6, 6.07) is 17.2. The normalized spacial score (nSPS) is 10.6. The number of hydrogen-bond donors (Lipinski definition) is 1. The maximum absolute atomic E-state index is 11.5. The average molecular weight is 382 g/mol. The highest BCUT2D eigenvalue weighted by Crippen LogP contribution is 2.31. The summed E-state index contributed by atoms with van der Waals surface area (Å²) in [7, 11) is 0. The predicted molar refractivity (Wildman–Crippen MR) is 100 cm³/mol. The molecule has 0 aliphatic rings. The molecule has 0 amide bonds. The van der Waals surface area contributed by atoms with Crippen LogP contribution < -0.4 is 4.74 Å². The van der Waals surface area contributed by atoms with Crippen LogP contribution in [0.3, 0.4) is 0 Å². The molecule has 3 aromatic rings. The van der Waals surface area contributed by atoms with Crippen LogP contribution in [0.1, 0.15) is 23.6 Å². The molecule has 0 aliphatic carbocycles. The number of nitrogens with one attached hydrogen (secondary N) is 1. The van der Waals surface area contributed by atoms with E-state index in [1.54, 1.807) is 6.07 Å². The zero-order valence-electron chi connectivity index (χ0n) is 13.4. The number of benzene rings is 3. The van der Waals surface area contributed by atoms with Gasteiger partial charge in [-0.2, -0.15) is 0 Å². The first-order valence-electron chi connectivity index (χ1n) is 7.53. The van der Waals surface area contributed by atoms with Gasteiger partial charge in [-0.1, -0.05) is 52.3 Å². The lowest BCUT2D eigenvalue weighted by molar-refractivity contribution is -0.131. The predicted octanol–water partition coefficient (Wildman–Crippen LogP) is 5.25. The van der Waals surface area contributed by atoms with E-state index >= 15 is 0 Å². The zero-order valence-corrected chi connectivity index (χ0v) is 15.0. The van der Waals surface area contributed by atoms with Crippen LogP contribution in [0.15, 0.2) is 59.1 Å². The van der Waals surface area contributed by atoms with Crippen LogP contribution in [0.5, 0.6) is 5.75 Å². The van der Waals surface area contributed by atoms with Crippen molar-refractivity contribution in [2.45, 2.75) is 13.8 Å². The summed E-state index contributed by atoms with van der Waals surface area (Å²) in [4.78, 5) is 11.5. The highest BCUT2D eigenvalue weighted by atomic mass is 79.9.